The monoisotopic (exact) mass is 750 g/mol. The molecule has 0 unspecified atom stereocenters. The summed E-state index contributed by atoms with van der Waals surface area (Å²) < 4.78 is 5.46. The smallest absolute Gasteiger partial charge is 0.254 e. The Labute approximate surface area is 322 Å². The SMILES string of the molecule is COc1cc2nc(-c3ccc(NC(=O)[C@@H]4CCCN4C(=O)[C@@H]4CCCN4C(=O)c4ccc(-c5nc6cc(C(=N)N)c(C)cc6[nH]5)cc4)cc3)[nH]c2cc1C(C)=N. The van der Waals surface area contributed by atoms with E-state index in [-0.39, 0.29) is 23.6 Å². The maximum absolute atomic E-state index is 14.0. The van der Waals surface area contributed by atoms with Gasteiger partial charge in [-0.3, -0.25) is 19.8 Å². The van der Waals surface area contributed by atoms with Gasteiger partial charge in [0, 0.05) is 58.4 Å². The Hall–Kier alpha value is -6.83. The molecule has 3 amide bonds. The van der Waals surface area contributed by atoms with Gasteiger partial charge >= 0.3 is 0 Å². The quantitative estimate of drug-likeness (QED) is 0.0766. The van der Waals surface area contributed by atoms with Gasteiger partial charge in [0.1, 0.15) is 35.3 Å². The van der Waals surface area contributed by atoms with Crippen molar-refractivity contribution < 1.29 is 19.1 Å². The van der Waals surface area contributed by atoms with Gasteiger partial charge in [0.25, 0.3) is 5.91 Å². The lowest BCUT2D eigenvalue weighted by Crippen LogP contribution is -2.51. The Morgan fingerprint density at radius 1 is 0.804 bits per heavy atom. The lowest BCUT2D eigenvalue weighted by Gasteiger charge is -2.31. The highest BCUT2D eigenvalue weighted by atomic mass is 16.5. The van der Waals surface area contributed by atoms with Crippen LogP contribution < -0.4 is 15.8 Å². The Kier molecular flexibility index (Phi) is 9.32. The minimum Gasteiger partial charge on any atom is -0.496 e. The highest BCUT2D eigenvalue weighted by Crippen LogP contribution is 2.31. The van der Waals surface area contributed by atoms with Crippen LogP contribution in [0.5, 0.6) is 5.75 Å². The van der Waals surface area contributed by atoms with Crippen molar-refractivity contribution >= 4 is 57.0 Å². The summed E-state index contributed by atoms with van der Waals surface area (Å²) in [5.41, 5.74) is 14.0. The average molecular weight is 751 g/mol. The van der Waals surface area contributed by atoms with Crippen molar-refractivity contribution in [1.82, 2.24) is 29.7 Å². The van der Waals surface area contributed by atoms with Gasteiger partial charge in [-0.25, -0.2) is 9.97 Å². The number of fused-ring (bicyclic) bond motifs is 2. The van der Waals surface area contributed by atoms with Gasteiger partial charge < -0.3 is 41.0 Å². The van der Waals surface area contributed by atoms with Crippen molar-refractivity contribution in [1.29, 1.82) is 10.8 Å². The van der Waals surface area contributed by atoms with Crippen molar-refractivity contribution in [2.75, 3.05) is 25.5 Å². The molecule has 4 aromatic carbocycles. The van der Waals surface area contributed by atoms with Crippen LogP contribution in [0.15, 0.2) is 72.8 Å². The number of nitrogens with zero attached hydrogens (tertiary/aromatic N) is 4. The standard InChI is InChI=1S/C42H42N10O4/c1-22-18-30-31(19-28(22)37(44)45)48-38(47-30)24-8-10-26(11-9-24)41(54)52-17-5-7-35(52)42(55)51-16-4-6-34(51)40(53)46-27-14-12-25(13-15-27)39-49-32-20-29(23(2)43)36(56-3)21-33(32)50-39/h8-15,18-21,34-35,43H,4-7,16-17H2,1-3H3,(H3,44,45)(H,46,53)(H,47,48)(H,49,50)/t34-,35-/m0/s1. The molecule has 2 atom stereocenters. The van der Waals surface area contributed by atoms with Crippen molar-refractivity contribution in [3.8, 4) is 28.5 Å². The molecule has 14 heteroatoms. The number of aromatic nitrogens is 4. The van der Waals surface area contributed by atoms with Gasteiger partial charge in [-0.15, -0.1) is 0 Å². The highest BCUT2D eigenvalue weighted by molar-refractivity contribution is 6.03. The van der Waals surface area contributed by atoms with E-state index in [1.165, 1.54) is 0 Å². The zero-order chi connectivity index (χ0) is 39.2. The summed E-state index contributed by atoms with van der Waals surface area (Å²) in [4.78, 5) is 60.8. The molecule has 2 fully saturated rings. The number of anilines is 1. The van der Waals surface area contributed by atoms with E-state index in [2.05, 4.69) is 20.3 Å². The van der Waals surface area contributed by atoms with Gasteiger partial charge in [-0.1, -0.05) is 12.1 Å². The van der Waals surface area contributed by atoms with E-state index in [1.54, 1.807) is 54.2 Å². The maximum Gasteiger partial charge on any atom is 0.254 e. The number of amidine groups is 1. The van der Waals surface area contributed by atoms with Crippen LogP contribution >= 0.6 is 0 Å². The molecule has 56 heavy (non-hydrogen) atoms. The van der Waals surface area contributed by atoms with Crippen molar-refractivity contribution in [2.45, 2.75) is 51.6 Å². The maximum atomic E-state index is 14.0. The van der Waals surface area contributed by atoms with Gasteiger partial charge in [-0.05, 0) is 99.7 Å². The van der Waals surface area contributed by atoms with Crippen molar-refractivity contribution in [3.63, 3.8) is 0 Å². The first-order chi connectivity index (χ1) is 27.0. The number of nitrogens with two attached hydrogens (primary N) is 1. The van der Waals surface area contributed by atoms with Gasteiger partial charge in [0.2, 0.25) is 11.8 Å². The summed E-state index contributed by atoms with van der Waals surface area (Å²) in [6.07, 6.45) is 2.46. The predicted octanol–water partition coefficient (Wildman–Crippen LogP) is 6.00. The molecule has 6 aromatic rings. The van der Waals surface area contributed by atoms with Crippen LogP contribution in [0.3, 0.4) is 0 Å². The predicted molar refractivity (Wildman–Crippen MR) is 215 cm³/mol. The molecule has 2 saturated heterocycles. The molecule has 8 rings (SSSR count). The first-order valence-corrected chi connectivity index (χ1v) is 18.6. The molecule has 2 aromatic heterocycles. The number of nitrogens with one attached hydrogen (secondary N) is 5. The highest BCUT2D eigenvalue weighted by Gasteiger charge is 2.42. The Balaban J connectivity index is 0.923. The fraction of sp³-hybridized carbons (Fsp3) is 0.262. The Bertz CT molecular complexity index is 2550. The number of amides is 3. The van der Waals surface area contributed by atoms with E-state index in [4.69, 9.17) is 26.3 Å². The number of hydrogen-bond acceptors (Lipinski definition) is 8. The molecule has 0 bridgehead atoms. The zero-order valence-electron chi connectivity index (χ0n) is 31.3. The number of carbonyl (C=O) groups excluding carboxylic acids is 3. The number of hydrogen-bond donors (Lipinski definition) is 6. The topological polar surface area (TPSA) is 210 Å². The van der Waals surface area contributed by atoms with Crippen molar-refractivity contribution in [3.05, 3.63) is 95.1 Å². The summed E-state index contributed by atoms with van der Waals surface area (Å²) in [5.74, 6) is 1.15. The van der Waals surface area contributed by atoms with E-state index in [9.17, 15) is 14.4 Å². The fourth-order valence-corrected chi connectivity index (χ4v) is 7.86. The van der Waals surface area contributed by atoms with Crippen molar-refractivity contribution in [2.24, 2.45) is 5.73 Å². The molecule has 4 heterocycles. The second kappa shape index (κ2) is 14.4. The van der Waals surface area contributed by atoms with Crippen LogP contribution in [0, 0.1) is 17.7 Å². The van der Waals surface area contributed by atoms with Crippen LogP contribution in [-0.4, -0.2) is 91.3 Å². The molecule has 7 N–H and O–H groups in total. The number of methoxy groups -OCH3 is 1. The molecule has 284 valence electrons. The summed E-state index contributed by atoms with van der Waals surface area (Å²) in [7, 11) is 1.57. The van der Waals surface area contributed by atoms with Crippen LogP contribution in [-0.2, 0) is 9.59 Å². The number of carbonyl (C=O) groups is 3. The van der Waals surface area contributed by atoms with Crippen LogP contribution in [0.25, 0.3) is 44.8 Å². The van der Waals surface area contributed by atoms with Crippen LogP contribution in [0.2, 0.25) is 0 Å². The number of rotatable bonds is 9. The minimum absolute atomic E-state index is 0.0147. The lowest BCUT2D eigenvalue weighted by molar-refractivity contribution is -0.139. The largest absolute Gasteiger partial charge is 0.496 e. The number of benzene rings is 4. The third-order valence-electron chi connectivity index (χ3n) is 10.8. The molecule has 0 radical (unpaired) electrons. The summed E-state index contributed by atoms with van der Waals surface area (Å²) in [6.45, 7) is 4.51. The molecule has 2 aliphatic rings. The van der Waals surface area contributed by atoms with Gasteiger partial charge in [0.15, 0.2) is 0 Å². The van der Waals surface area contributed by atoms with Gasteiger partial charge in [0.05, 0.1) is 29.2 Å². The summed E-state index contributed by atoms with van der Waals surface area (Å²) in [5, 5.41) is 18.9. The Morgan fingerprint density at radius 3 is 2.02 bits per heavy atom. The third-order valence-corrected chi connectivity index (χ3v) is 10.8. The normalized spacial score (nSPS) is 16.8. The van der Waals surface area contributed by atoms with Crippen LogP contribution in [0.4, 0.5) is 5.69 Å². The van der Waals surface area contributed by atoms with E-state index < -0.39 is 12.1 Å². The summed E-state index contributed by atoms with van der Waals surface area (Å²) in [6, 6.07) is 20.6. The number of H-pyrrole nitrogens is 2. The number of likely N-dealkylation sites (tertiary alicyclic amines) is 2. The van der Waals surface area contributed by atoms with E-state index >= 15 is 0 Å². The second-order valence-corrected chi connectivity index (χ2v) is 14.5. The molecule has 2 aliphatic heterocycles. The minimum atomic E-state index is -0.647. The first-order valence-electron chi connectivity index (χ1n) is 18.6. The molecule has 0 aliphatic carbocycles. The summed E-state index contributed by atoms with van der Waals surface area (Å²) >= 11 is 0. The number of nitrogen functional groups attached to an aromatic ring is 1. The molecule has 0 spiro atoms. The number of aromatic amines is 2. The number of aryl methyl sites for hydroxylation is 1. The average Bonchev–Trinajstić information content (AvgIpc) is 4.02. The molecular weight excluding hydrogens is 709 g/mol. The third kappa shape index (κ3) is 6.63. The van der Waals surface area contributed by atoms with E-state index in [0.29, 0.717) is 95.3 Å². The van der Waals surface area contributed by atoms with Gasteiger partial charge in [-0.2, -0.15) is 0 Å². The molecular formula is C42H42N10O4. The molecule has 14 nitrogen and oxygen atoms in total. The first kappa shape index (κ1) is 36.2. The Morgan fingerprint density at radius 2 is 1.39 bits per heavy atom. The van der Waals surface area contributed by atoms with E-state index in [0.717, 1.165) is 27.7 Å². The fourth-order valence-electron chi connectivity index (χ4n) is 7.86. The zero-order valence-corrected chi connectivity index (χ0v) is 31.3. The van der Waals surface area contributed by atoms with E-state index in [1.807, 2.05) is 49.4 Å². The number of ether oxygens (including phenoxy) is 1. The molecule has 0 saturated carbocycles. The lowest BCUT2D eigenvalue weighted by atomic mass is 10.1. The second-order valence-electron chi connectivity index (χ2n) is 14.5. The van der Waals surface area contributed by atoms with Crippen LogP contribution in [0.1, 0.15) is 59.7 Å². The number of imidazole rings is 2.